The first kappa shape index (κ1) is 27.9. The van der Waals surface area contributed by atoms with Gasteiger partial charge in [-0.2, -0.15) is 0 Å². The van der Waals surface area contributed by atoms with Crippen LogP contribution in [0.4, 0.5) is 5.13 Å². The second-order valence-corrected chi connectivity index (χ2v) is 11.7. The molecule has 0 atom stereocenters. The van der Waals surface area contributed by atoms with E-state index in [0.29, 0.717) is 22.2 Å². The van der Waals surface area contributed by atoms with Gasteiger partial charge in [0.25, 0.3) is 0 Å². The molecule has 6 nitrogen and oxygen atoms in total. The molecule has 3 aromatic rings. The molecule has 0 spiro atoms. The second-order valence-electron chi connectivity index (χ2n) is 7.21. The Hall–Kier alpha value is -1.36. The van der Waals surface area contributed by atoms with Gasteiger partial charge in [0.05, 0.1) is 20.9 Å². The van der Waals surface area contributed by atoms with Crippen LogP contribution in [-0.4, -0.2) is 62.4 Å². The van der Waals surface area contributed by atoms with Gasteiger partial charge in [0.2, 0.25) is 5.91 Å². The Morgan fingerprint density at radius 3 is 2.36 bits per heavy atom. The largest absolute Gasteiger partial charge is 0.302 e. The molecular formula is C22H27Cl2N3O3S3. The van der Waals surface area contributed by atoms with E-state index in [9.17, 15) is 13.2 Å². The van der Waals surface area contributed by atoms with Crippen LogP contribution in [-0.2, 0) is 14.6 Å². The molecule has 33 heavy (non-hydrogen) atoms. The first-order chi connectivity index (χ1) is 15.2. The number of hydrogen-bond acceptors (Lipinski definition) is 7. The summed E-state index contributed by atoms with van der Waals surface area (Å²) in [7, 11) is -3.31. The lowest BCUT2D eigenvalue weighted by Crippen LogP contribution is -2.39. The molecule has 0 N–H and O–H groups in total. The summed E-state index contributed by atoms with van der Waals surface area (Å²) in [6.07, 6.45) is 1.18. The molecule has 0 aliphatic rings. The summed E-state index contributed by atoms with van der Waals surface area (Å²) in [6.45, 7) is 7.23. The summed E-state index contributed by atoms with van der Waals surface area (Å²) in [5.74, 6) is 0.226. The van der Waals surface area contributed by atoms with Crippen molar-refractivity contribution in [2.24, 2.45) is 0 Å². The van der Waals surface area contributed by atoms with Gasteiger partial charge in [-0.1, -0.05) is 36.8 Å². The van der Waals surface area contributed by atoms with Crippen LogP contribution in [0.1, 0.15) is 13.8 Å². The zero-order chi connectivity index (χ0) is 23.3. The molecule has 0 saturated heterocycles. The molecule has 0 fully saturated rings. The summed E-state index contributed by atoms with van der Waals surface area (Å²) in [5.41, 5.74) is 0.684. The van der Waals surface area contributed by atoms with Gasteiger partial charge in [-0.25, -0.2) is 13.4 Å². The van der Waals surface area contributed by atoms with Gasteiger partial charge in [-0.05, 0) is 55.6 Å². The van der Waals surface area contributed by atoms with Crippen molar-refractivity contribution in [2.75, 3.05) is 43.1 Å². The van der Waals surface area contributed by atoms with Gasteiger partial charge in [0.1, 0.15) is 0 Å². The predicted octanol–water partition coefficient (Wildman–Crippen LogP) is 5.24. The van der Waals surface area contributed by atoms with E-state index in [0.717, 1.165) is 29.2 Å². The van der Waals surface area contributed by atoms with Gasteiger partial charge in [0, 0.05) is 29.3 Å². The molecular weight excluding hydrogens is 521 g/mol. The Morgan fingerprint density at radius 2 is 1.76 bits per heavy atom. The first-order valence-electron chi connectivity index (χ1n) is 10.2. The summed E-state index contributed by atoms with van der Waals surface area (Å²) >= 11 is 8.74. The van der Waals surface area contributed by atoms with Crippen LogP contribution in [0.5, 0.6) is 0 Å². The molecule has 1 amide bonds. The highest BCUT2D eigenvalue weighted by molar-refractivity contribution is 8.00. The Balaban J connectivity index is 0.00000385. The van der Waals surface area contributed by atoms with Gasteiger partial charge in [0.15, 0.2) is 15.0 Å². The zero-order valence-corrected chi connectivity index (χ0v) is 22.7. The number of carbonyl (C=O) groups is 1. The van der Waals surface area contributed by atoms with Gasteiger partial charge >= 0.3 is 0 Å². The number of rotatable bonds is 10. The summed E-state index contributed by atoms with van der Waals surface area (Å²) in [5, 5.41) is 1.24. The predicted molar refractivity (Wildman–Crippen MR) is 142 cm³/mol. The number of amides is 1. The highest BCUT2D eigenvalue weighted by Crippen LogP contribution is 2.31. The van der Waals surface area contributed by atoms with Crippen molar-refractivity contribution >= 4 is 78.2 Å². The minimum atomic E-state index is -3.31. The third-order valence-corrected chi connectivity index (χ3v) is 8.42. The Bertz CT molecular complexity index is 1180. The maximum atomic E-state index is 13.2. The fraction of sp³-hybridized carbons (Fsp3) is 0.364. The van der Waals surface area contributed by atoms with Gasteiger partial charge in [-0.3, -0.25) is 9.69 Å². The topological polar surface area (TPSA) is 70.6 Å². The molecule has 180 valence electrons. The van der Waals surface area contributed by atoms with E-state index in [1.165, 1.54) is 29.4 Å². The third-order valence-electron chi connectivity index (χ3n) is 5.02. The Kier molecular flexibility index (Phi) is 10.5. The first-order valence-corrected chi connectivity index (χ1v) is 14.3. The fourth-order valence-corrected chi connectivity index (χ4v) is 5.77. The summed E-state index contributed by atoms with van der Waals surface area (Å²) in [4.78, 5) is 23.0. The highest BCUT2D eigenvalue weighted by Gasteiger charge is 2.21. The van der Waals surface area contributed by atoms with E-state index in [1.54, 1.807) is 35.2 Å². The lowest BCUT2D eigenvalue weighted by Gasteiger charge is -2.24. The molecule has 1 heterocycles. The number of benzene rings is 2. The molecule has 0 saturated carbocycles. The number of sulfone groups is 1. The van der Waals surface area contributed by atoms with E-state index in [4.69, 9.17) is 11.6 Å². The van der Waals surface area contributed by atoms with E-state index >= 15 is 0 Å². The Morgan fingerprint density at radius 1 is 1.09 bits per heavy atom. The average Bonchev–Trinajstić information content (AvgIpc) is 3.18. The minimum Gasteiger partial charge on any atom is -0.302 e. The highest BCUT2D eigenvalue weighted by atomic mass is 35.5. The monoisotopic (exact) mass is 547 g/mol. The van der Waals surface area contributed by atoms with E-state index in [2.05, 4.69) is 23.7 Å². The van der Waals surface area contributed by atoms with Crippen molar-refractivity contribution in [3.05, 3.63) is 47.5 Å². The smallest absolute Gasteiger partial charge is 0.239 e. The zero-order valence-electron chi connectivity index (χ0n) is 18.7. The molecule has 0 aliphatic heterocycles. The normalized spacial score (nSPS) is 11.5. The second kappa shape index (κ2) is 12.4. The van der Waals surface area contributed by atoms with E-state index in [1.807, 2.05) is 12.1 Å². The minimum absolute atomic E-state index is 0. The number of nitrogens with zero attached hydrogens (tertiary/aromatic N) is 3. The molecule has 0 bridgehead atoms. The van der Waals surface area contributed by atoms with Crippen LogP contribution in [0.15, 0.2) is 52.3 Å². The number of hydrogen-bond donors (Lipinski definition) is 0. The number of halogens is 2. The molecule has 2 aromatic carbocycles. The van der Waals surface area contributed by atoms with Crippen molar-refractivity contribution in [3.63, 3.8) is 0 Å². The maximum absolute atomic E-state index is 13.2. The number of thioether (sulfide) groups is 1. The van der Waals surface area contributed by atoms with Crippen LogP contribution >= 0.6 is 47.1 Å². The molecule has 0 unspecified atom stereocenters. The van der Waals surface area contributed by atoms with Crippen LogP contribution in [0.2, 0.25) is 5.02 Å². The standard InChI is InChI=1S/C22H26ClN3O3S3.ClH/c1-4-25(5-2)12-13-26(21(27)15-30-17-8-6-16(23)7-9-17)22-24-19-11-10-18(32(3,28)29)14-20(19)31-22;/h6-11,14H,4-5,12-13,15H2,1-3H3;1H. The molecule has 0 aliphatic carbocycles. The van der Waals surface area contributed by atoms with Crippen LogP contribution in [0, 0.1) is 0 Å². The summed E-state index contributed by atoms with van der Waals surface area (Å²) in [6, 6.07) is 12.3. The molecule has 11 heteroatoms. The molecule has 3 rings (SSSR count). The average molecular weight is 549 g/mol. The van der Waals surface area contributed by atoms with Gasteiger partial charge in [-0.15, -0.1) is 24.2 Å². The SMILES string of the molecule is CCN(CC)CCN(C(=O)CSc1ccc(Cl)cc1)c1nc2ccc(S(C)(=O)=O)cc2s1.Cl. The van der Waals surface area contributed by atoms with Crippen molar-refractivity contribution in [3.8, 4) is 0 Å². The fourth-order valence-electron chi connectivity index (χ4n) is 3.10. The van der Waals surface area contributed by atoms with Crippen molar-refractivity contribution < 1.29 is 13.2 Å². The van der Waals surface area contributed by atoms with Crippen molar-refractivity contribution in [1.29, 1.82) is 0 Å². The quantitative estimate of drug-likeness (QED) is 0.323. The van der Waals surface area contributed by atoms with Crippen LogP contribution in [0.3, 0.4) is 0 Å². The lowest BCUT2D eigenvalue weighted by atomic mass is 10.3. The maximum Gasteiger partial charge on any atom is 0.239 e. The lowest BCUT2D eigenvalue weighted by molar-refractivity contribution is -0.116. The van der Waals surface area contributed by atoms with Crippen molar-refractivity contribution in [2.45, 2.75) is 23.6 Å². The van der Waals surface area contributed by atoms with E-state index in [-0.39, 0.29) is 29.0 Å². The number of fused-ring (bicyclic) bond motifs is 1. The Labute approximate surface area is 214 Å². The number of likely N-dealkylation sites (N-methyl/N-ethyl adjacent to an activating group) is 1. The molecule has 1 aromatic heterocycles. The number of thiazole rings is 1. The summed E-state index contributed by atoms with van der Waals surface area (Å²) < 4.78 is 24.6. The third kappa shape index (κ3) is 7.56. The van der Waals surface area contributed by atoms with Gasteiger partial charge < -0.3 is 4.90 Å². The number of anilines is 1. The molecule has 0 radical (unpaired) electrons. The van der Waals surface area contributed by atoms with Crippen LogP contribution in [0.25, 0.3) is 10.2 Å². The number of carbonyl (C=O) groups excluding carboxylic acids is 1. The van der Waals surface area contributed by atoms with Crippen molar-refractivity contribution in [1.82, 2.24) is 9.88 Å². The van der Waals surface area contributed by atoms with Crippen LogP contribution < -0.4 is 4.90 Å². The van der Waals surface area contributed by atoms with E-state index < -0.39 is 9.84 Å². The number of aromatic nitrogens is 1.